The van der Waals surface area contributed by atoms with Crippen molar-refractivity contribution in [2.75, 3.05) is 0 Å². The summed E-state index contributed by atoms with van der Waals surface area (Å²) in [5, 5.41) is 7.68. The first-order valence-corrected chi connectivity index (χ1v) is 9.43. The Hall–Kier alpha value is -3.47. The predicted octanol–water partition coefficient (Wildman–Crippen LogP) is 4.20. The van der Waals surface area contributed by atoms with Crippen LogP contribution < -0.4 is 5.32 Å². The molecule has 2 aromatic carbocycles. The zero-order valence-electron chi connectivity index (χ0n) is 16.0. The summed E-state index contributed by atoms with van der Waals surface area (Å²) >= 11 is 0. The Kier molecular flexibility index (Phi) is 4.89. The number of amides is 1. The SMILES string of the molecule is CCc1c(C(=O)NCc2ccccc2)cnc2c(-c3ccccc3)c(C)nn12. The summed E-state index contributed by atoms with van der Waals surface area (Å²) in [7, 11) is 0. The highest BCUT2D eigenvalue weighted by Crippen LogP contribution is 2.28. The van der Waals surface area contributed by atoms with E-state index >= 15 is 0 Å². The van der Waals surface area contributed by atoms with Crippen LogP contribution in [0.15, 0.2) is 66.9 Å². The number of carbonyl (C=O) groups excluding carboxylic acids is 1. The quantitative estimate of drug-likeness (QED) is 0.573. The van der Waals surface area contributed by atoms with Gasteiger partial charge < -0.3 is 5.32 Å². The van der Waals surface area contributed by atoms with Gasteiger partial charge in [-0.3, -0.25) is 4.79 Å². The molecule has 140 valence electrons. The van der Waals surface area contributed by atoms with Crippen LogP contribution in [0, 0.1) is 6.92 Å². The topological polar surface area (TPSA) is 59.3 Å². The lowest BCUT2D eigenvalue weighted by Gasteiger charge is -2.11. The fraction of sp³-hybridized carbons (Fsp3) is 0.174. The molecule has 0 fully saturated rings. The molecule has 0 aliphatic carbocycles. The number of aryl methyl sites for hydroxylation is 2. The first-order valence-electron chi connectivity index (χ1n) is 9.43. The zero-order valence-corrected chi connectivity index (χ0v) is 16.0. The van der Waals surface area contributed by atoms with Gasteiger partial charge in [0.1, 0.15) is 0 Å². The van der Waals surface area contributed by atoms with E-state index in [1.807, 2.05) is 66.9 Å². The Bertz CT molecular complexity index is 1120. The van der Waals surface area contributed by atoms with Crippen LogP contribution in [0.2, 0.25) is 0 Å². The smallest absolute Gasteiger partial charge is 0.254 e. The average molecular weight is 370 g/mol. The number of nitrogens with zero attached hydrogens (tertiary/aromatic N) is 3. The summed E-state index contributed by atoms with van der Waals surface area (Å²) in [6.07, 6.45) is 2.35. The van der Waals surface area contributed by atoms with Crippen LogP contribution in [0.4, 0.5) is 0 Å². The van der Waals surface area contributed by atoms with Crippen LogP contribution >= 0.6 is 0 Å². The fourth-order valence-electron chi connectivity index (χ4n) is 3.48. The molecule has 0 bridgehead atoms. The van der Waals surface area contributed by atoms with Gasteiger partial charge in [0.2, 0.25) is 0 Å². The van der Waals surface area contributed by atoms with E-state index in [0.717, 1.165) is 33.7 Å². The van der Waals surface area contributed by atoms with Crippen LogP contribution in [0.5, 0.6) is 0 Å². The van der Waals surface area contributed by atoms with Gasteiger partial charge >= 0.3 is 0 Å². The number of rotatable bonds is 5. The van der Waals surface area contributed by atoms with Crippen molar-refractivity contribution in [3.05, 3.63) is 89.4 Å². The molecular formula is C23H22N4O. The number of nitrogens with one attached hydrogen (secondary N) is 1. The van der Waals surface area contributed by atoms with Crippen LogP contribution in [0.3, 0.4) is 0 Å². The van der Waals surface area contributed by atoms with E-state index in [1.54, 1.807) is 6.20 Å². The first kappa shape index (κ1) is 17.9. The van der Waals surface area contributed by atoms with Gasteiger partial charge in [-0.05, 0) is 24.5 Å². The predicted molar refractivity (Wildman–Crippen MR) is 110 cm³/mol. The van der Waals surface area contributed by atoms with E-state index in [2.05, 4.69) is 22.4 Å². The van der Waals surface area contributed by atoms with Gasteiger partial charge in [0.15, 0.2) is 5.65 Å². The molecular weight excluding hydrogens is 348 g/mol. The molecule has 0 aliphatic heterocycles. The average Bonchev–Trinajstić information content (AvgIpc) is 3.08. The molecule has 0 aliphatic rings. The maximum Gasteiger partial charge on any atom is 0.254 e. The van der Waals surface area contributed by atoms with Crippen molar-refractivity contribution >= 4 is 11.6 Å². The Balaban J connectivity index is 1.72. The standard InChI is InChI=1S/C23H22N4O/c1-3-20-19(23(28)25-14-17-10-6-4-7-11-17)15-24-22-21(16(2)26-27(20)22)18-12-8-5-9-13-18/h4-13,15H,3,14H2,1-2H3,(H,25,28). The molecule has 0 saturated carbocycles. The van der Waals surface area contributed by atoms with E-state index in [1.165, 1.54) is 0 Å². The van der Waals surface area contributed by atoms with Gasteiger partial charge in [-0.2, -0.15) is 5.10 Å². The number of hydrogen-bond acceptors (Lipinski definition) is 3. The first-order chi connectivity index (χ1) is 13.7. The number of benzene rings is 2. The van der Waals surface area contributed by atoms with Crippen molar-refractivity contribution < 1.29 is 4.79 Å². The van der Waals surface area contributed by atoms with Crippen molar-refractivity contribution in [1.82, 2.24) is 19.9 Å². The lowest BCUT2D eigenvalue weighted by atomic mass is 10.1. The number of carbonyl (C=O) groups is 1. The molecule has 2 heterocycles. The number of fused-ring (bicyclic) bond motifs is 1. The molecule has 4 aromatic rings. The Morgan fingerprint density at radius 1 is 1.04 bits per heavy atom. The van der Waals surface area contributed by atoms with Crippen molar-refractivity contribution in [1.29, 1.82) is 0 Å². The Morgan fingerprint density at radius 2 is 1.71 bits per heavy atom. The Morgan fingerprint density at radius 3 is 2.39 bits per heavy atom. The minimum absolute atomic E-state index is 0.135. The van der Waals surface area contributed by atoms with E-state index in [-0.39, 0.29) is 5.91 Å². The second-order valence-electron chi connectivity index (χ2n) is 6.70. The summed E-state index contributed by atoms with van der Waals surface area (Å²) in [5.74, 6) is -0.135. The van der Waals surface area contributed by atoms with E-state index in [0.29, 0.717) is 18.5 Å². The summed E-state index contributed by atoms with van der Waals surface area (Å²) in [5.41, 5.74) is 6.24. The molecule has 2 aromatic heterocycles. The van der Waals surface area contributed by atoms with Crippen molar-refractivity contribution in [2.45, 2.75) is 26.8 Å². The monoisotopic (exact) mass is 370 g/mol. The molecule has 0 spiro atoms. The number of aromatic nitrogens is 3. The third-order valence-electron chi connectivity index (χ3n) is 4.86. The van der Waals surface area contributed by atoms with E-state index in [4.69, 9.17) is 5.10 Å². The highest BCUT2D eigenvalue weighted by molar-refractivity contribution is 5.95. The van der Waals surface area contributed by atoms with Gasteiger partial charge in [0, 0.05) is 18.3 Å². The van der Waals surface area contributed by atoms with Gasteiger partial charge in [0.05, 0.1) is 17.0 Å². The summed E-state index contributed by atoms with van der Waals surface area (Å²) < 4.78 is 1.81. The number of hydrogen-bond donors (Lipinski definition) is 1. The molecule has 0 saturated heterocycles. The second kappa shape index (κ2) is 7.64. The fourth-order valence-corrected chi connectivity index (χ4v) is 3.48. The largest absolute Gasteiger partial charge is 0.348 e. The molecule has 28 heavy (non-hydrogen) atoms. The van der Waals surface area contributed by atoms with Gasteiger partial charge in [-0.1, -0.05) is 67.6 Å². The molecule has 0 unspecified atom stereocenters. The van der Waals surface area contributed by atoms with Crippen molar-refractivity contribution in [3.63, 3.8) is 0 Å². The van der Waals surface area contributed by atoms with Gasteiger partial charge in [-0.25, -0.2) is 9.50 Å². The zero-order chi connectivity index (χ0) is 19.5. The van der Waals surface area contributed by atoms with Gasteiger partial charge in [0.25, 0.3) is 5.91 Å². The minimum Gasteiger partial charge on any atom is -0.348 e. The van der Waals surface area contributed by atoms with Crippen LogP contribution in [-0.4, -0.2) is 20.5 Å². The molecule has 1 N–H and O–H groups in total. The maximum atomic E-state index is 12.8. The van der Waals surface area contributed by atoms with Gasteiger partial charge in [-0.15, -0.1) is 0 Å². The lowest BCUT2D eigenvalue weighted by Crippen LogP contribution is -2.25. The third-order valence-corrected chi connectivity index (χ3v) is 4.86. The summed E-state index contributed by atoms with van der Waals surface area (Å²) in [6, 6.07) is 20.0. The highest BCUT2D eigenvalue weighted by Gasteiger charge is 2.19. The Labute approximate surface area is 164 Å². The molecule has 1 amide bonds. The second-order valence-corrected chi connectivity index (χ2v) is 6.70. The van der Waals surface area contributed by atoms with Crippen LogP contribution in [0.25, 0.3) is 16.8 Å². The van der Waals surface area contributed by atoms with Crippen LogP contribution in [-0.2, 0) is 13.0 Å². The van der Waals surface area contributed by atoms with Crippen LogP contribution in [0.1, 0.15) is 34.2 Å². The molecule has 5 heteroatoms. The maximum absolute atomic E-state index is 12.8. The van der Waals surface area contributed by atoms with Crippen molar-refractivity contribution in [2.24, 2.45) is 0 Å². The molecule has 4 rings (SSSR count). The molecule has 0 atom stereocenters. The third kappa shape index (κ3) is 3.27. The van der Waals surface area contributed by atoms with E-state index < -0.39 is 0 Å². The normalized spacial score (nSPS) is 10.9. The lowest BCUT2D eigenvalue weighted by molar-refractivity contribution is 0.0949. The van der Waals surface area contributed by atoms with E-state index in [9.17, 15) is 4.79 Å². The van der Waals surface area contributed by atoms with Crippen molar-refractivity contribution in [3.8, 4) is 11.1 Å². The summed E-state index contributed by atoms with van der Waals surface area (Å²) in [4.78, 5) is 17.4. The molecule has 5 nitrogen and oxygen atoms in total. The molecule has 0 radical (unpaired) electrons. The summed E-state index contributed by atoms with van der Waals surface area (Å²) in [6.45, 7) is 4.49. The highest BCUT2D eigenvalue weighted by atomic mass is 16.1. The minimum atomic E-state index is -0.135.